The second-order valence-corrected chi connectivity index (χ2v) is 7.63. The average molecular weight is 395 g/mol. The number of hydrogen-bond donors (Lipinski definition) is 0. The van der Waals surface area contributed by atoms with Crippen LogP contribution < -0.4 is 0 Å². The number of amides is 1. The summed E-state index contributed by atoms with van der Waals surface area (Å²) < 4.78 is 35.2. The molecule has 2 aliphatic rings. The highest BCUT2D eigenvalue weighted by molar-refractivity contribution is 5.91. The van der Waals surface area contributed by atoms with E-state index in [1.54, 1.807) is 6.92 Å². The lowest BCUT2D eigenvalue weighted by atomic mass is 9.83. The fourth-order valence-electron chi connectivity index (χ4n) is 4.19. The van der Waals surface area contributed by atoms with E-state index >= 15 is 0 Å². The predicted octanol–water partition coefficient (Wildman–Crippen LogP) is 4.16. The van der Waals surface area contributed by atoms with Crippen LogP contribution in [0.1, 0.15) is 50.5 Å². The van der Waals surface area contributed by atoms with Crippen molar-refractivity contribution in [1.82, 2.24) is 4.90 Å². The summed E-state index contributed by atoms with van der Waals surface area (Å²) in [7, 11) is 0. The Balaban J connectivity index is 1.50. The quantitative estimate of drug-likeness (QED) is 0.726. The Morgan fingerprint density at radius 3 is 2.50 bits per heavy atom. The Kier molecular flexibility index (Phi) is 6.99. The number of ketones is 1. The first-order chi connectivity index (χ1) is 13.5. The molecule has 154 valence electrons. The molecule has 1 aliphatic carbocycles. The van der Waals surface area contributed by atoms with Crippen LogP contribution in [0.5, 0.6) is 0 Å². The Labute approximate surface area is 164 Å². The van der Waals surface area contributed by atoms with Crippen LogP contribution in [0.2, 0.25) is 0 Å². The number of Topliss-reactive ketones (excluding diaryl/α,β-unsaturated/α-hetero) is 1. The van der Waals surface area contributed by atoms with Crippen molar-refractivity contribution in [3.05, 3.63) is 35.9 Å². The molecule has 28 heavy (non-hydrogen) atoms. The van der Waals surface area contributed by atoms with Crippen molar-refractivity contribution < 1.29 is 27.8 Å². The number of nitrogens with zero attached hydrogens (tertiary/aromatic N) is 1. The molecule has 7 heteroatoms. The summed E-state index contributed by atoms with van der Waals surface area (Å²) in [4.78, 5) is 25.6. The van der Waals surface area contributed by atoms with Crippen LogP contribution in [0.3, 0.4) is 0 Å². The minimum Gasteiger partial charge on any atom is -0.443 e. The van der Waals surface area contributed by atoms with E-state index in [0.717, 1.165) is 25.7 Å². The summed E-state index contributed by atoms with van der Waals surface area (Å²) in [6.07, 6.45) is 0.457. The van der Waals surface area contributed by atoms with Gasteiger partial charge in [-0.2, -0.15) is 0 Å². The van der Waals surface area contributed by atoms with Crippen LogP contribution in [0, 0.1) is 0 Å². The second-order valence-electron chi connectivity index (χ2n) is 7.63. The van der Waals surface area contributed by atoms with Crippen LogP contribution in [0.25, 0.3) is 0 Å². The Hall–Kier alpha value is -2.02. The largest absolute Gasteiger partial charge is 0.443 e. The van der Waals surface area contributed by atoms with Gasteiger partial charge in [0, 0.05) is 12.5 Å². The van der Waals surface area contributed by atoms with Gasteiger partial charge in [0.15, 0.2) is 12.4 Å². The zero-order valence-corrected chi connectivity index (χ0v) is 16.1. The van der Waals surface area contributed by atoms with E-state index in [0.29, 0.717) is 5.92 Å². The topological polar surface area (TPSA) is 55.8 Å². The van der Waals surface area contributed by atoms with Gasteiger partial charge >= 0.3 is 6.09 Å². The highest BCUT2D eigenvalue weighted by atomic mass is 19.3. The SMILES string of the molecule is C[C@@H]1CC(=O)C(CO[C@H]2CC[C@@H](c3ccccc3)CC2)N1C(=O)OCC(F)F. The molecule has 0 radical (unpaired) electrons. The first-order valence-corrected chi connectivity index (χ1v) is 9.88. The molecule has 1 saturated carbocycles. The first-order valence-electron chi connectivity index (χ1n) is 9.88. The molecule has 1 amide bonds. The molecule has 0 bridgehead atoms. The molecule has 2 fully saturated rings. The van der Waals surface area contributed by atoms with Gasteiger partial charge < -0.3 is 9.47 Å². The normalized spacial score (nSPS) is 28.0. The highest BCUT2D eigenvalue weighted by Gasteiger charge is 2.42. The summed E-state index contributed by atoms with van der Waals surface area (Å²) in [5.74, 6) is 0.412. The number of likely N-dealkylation sites (tertiary alicyclic amines) is 1. The lowest BCUT2D eigenvalue weighted by Crippen LogP contribution is -2.45. The van der Waals surface area contributed by atoms with Crippen LogP contribution in [0.15, 0.2) is 30.3 Å². The standard InChI is InChI=1S/C21H27F2NO4/c1-14-11-19(25)18(24(14)21(26)28-13-20(22)23)12-27-17-9-7-16(8-10-17)15-5-3-2-4-6-15/h2-6,14,16-18,20H,7-13H2,1H3/t14-,16-,17+,18?/m1/s1. The summed E-state index contributed by atoms with van der Waals surface area (Å²) in [6, 6.07) is 9.27. The summed E-state index contributed by atoms with van der Waals surface area (Å²) in [6.45, 7) is 0.841. The third kappa shape index (κ3) is 5.07. The third-order valence-electron chi connectivity index (χ3n) is 5.66. The summed E-state index contributed by atoms with van der Waals surface area (Å²) >= 11 is 0. The molecule has 5 nitrogen and oxygen atoms in total. The van der Waals surface area contributed by atoms with Gasteiger partial charge in [-0.05, 0) is 44.1 Å². The van der Waals surface area contributed by atoms with E-state index in [9.17, 15) is 18.4 Å². The van der Waals surface area contributed by atoms with Crippen LogP contribution in [0.4, 0.5) is 13.6 Å². The van der Waals surface area contributed by atoms with Crippen molar-refractivity contribution in [1.29, 1.82) is 0 Å². The van der Waals surface area contributed by atoms with Gasteiger partial charge in [0.05, 0.1) is 12.7 Å². The zero-order chi connectivity index (χ0) is 20.1. The van der Waals surface area contributed by atoms with Crippen LogP contribution in [-0.4, -0.2) is 54.6 Å². The summed E-state index contributed by atoms with van der Waals surface area (Å²) in [5.41, 5.74) is 1.34. The molecule has 1 unspecified atom stereocenters. The van der Waals surface area contributed by atoms with Crippen molar-refractivity contribution >= 4 is 11.9 Å². The van der Waals surface area contributed by atoms with Gasteiger partial charge in [-0.3, -0.25) is 9.69 Å². The molecule has 2 atom stereocenters. The fraction of sp³-hybridized carbons (Fsp3) is 0.619. The number of hydrogen-bond acceptors (Lipinski definition) is 4. The molecule has 3 rings (SSSR count). The van der Waals surface area contributed by atoms with E-state index in [1.807, 2.05) is 18.2 Å². The Morgan fingerprint density at radius 2 is 1.86 bits per heavy atom. The average Bonchev–Trinajstić information content (AvgIpc) is 2.98. The number of carbonyl (C=O) groups is 2. The van der Waals surface area contributed by atoms with Gasteiger partial charge in [-0.15, -0.1) is 0 Å². The lowest BCUT2D eigenvalue weighted by molar-refractivity contribution is -0.122. The van der Waals surface area contributed by atoms with Gasteiger partial charge in [-0.25, -0.2) is 13.6 Å². The van der Waals surface area contributed by atoms with E-state index in [-0.39, 0.29) is 31.0 Å². The molecule has 1 heterocycles. The molecule has 0 aromatic heterocycles. The highest BCUT2D eigenvalue weighted by Crippen LogP contribution is 2.34. The van der Waals surface area contributed by atoms with E-state index < -0.39 is 25.2 Å². The van der Waals surface area contributed by atoms with Crippen LogP contribution >= 0.6 is 0 Å². The van der Waals surface area contributed by atoms with Gasteiger partial charge in [-0.1, -0.05) is 30.3 Å². The minimum absolute atomic E-state index is 0.0441. The smallest absolute Gasteiger partial charge is 0.410 e. The van der Waals surface area contributed by atoms with Gasteiger partial charge in [0.2, 0.25) is 0 Å². The minimum atomic E-state index is -2.73. The van der Waals surface area contributed by atoms with Crippen molar-refractivity contribution in [2.45, 2.75) is 69.6 Å². The number of halogens is 2. The molecule has 1 aromatic carbocycles. The van der Waals surface area contributed by atoms with Crippen LogP contribution in [-0.2, 0) is 14.3 Å². The van der Waals surface area contributed by atoms with Gasteiger partial charge in [0.25, 0.3) is 6.43 Å². The molecule has 1 saturated heterocycles. The number of alkyl halides is 2. The maximum absolute atomic E-state index is 12.3. The first kappa shape index (κ1) is 20.7. The Morgan fingerprint density at radius 1 is 1.18 bits per heavy atom. The fourth-order valence-corrected chi connectivity index (χ4v) is 4.19. The Bertz CT molecular complexity index is 662. The second kappa shape index (κ2) is 9.45. The summed E-state index contributed by atoms with van der Waals surface area (Å²) in [5, 5.41) is 0. The number of benzene rings is 1. The van der Waals surface area contributed by atoms with Crippen molar-refractivity contribution in [3.8, 4) is 0 Å². The monoisotopic (exact) mass is 395 g/mol. The predicted molar refractivity (Wildman–Crippen MR) is 99.5 cm³/mol. The van der Waals surface area contributed by atoms with Gasteiger partial charge in [0.1, 0.15) is 6.04 Å². The third-order valence-corrected chi connectivity index (χ3v) is 5.66. The van der Waals surface area contributed by atoms with Crippen molar-refractivity contribution in [2.24, 2.45) is 0 Å². The molecular weight excluding hydrogens is 368 g/mol. The van der Waals surface area contributed by atoms with Crippen molar-refractivity contribution in [2.75, 3.05) is 13.2 Å². The number of ether oxygens (including phenoxy) is 2. The van der Waals surface area contributed by atoms with E-state index in [4.69, 9.17) is 4.74 Å². The number of carbonyl (C=O) groups excluding carboxylic acids is 2. The molecular formula is C21H27F2NO4. The molecule has 0 spiro atoms. The lowest BCUT2D eigenvalue weighted by Gasteiger charge is -2.31. The molecule has 1 aromatic rings. The van der Waals surface area contributed by atoms with E-state index in [1.165, 1.54) is 10.5 Å². The van der Waals surface area contributed by atoms with E-state index in [2.05, 4.69) is 16.9 Å². The maximum atomic E-state index is 12.3. The zero-order valence-electron chi connectivity index (χ0n) is 16.1. The molecule has 1 aliphatic heterocycles. The number of rotatable bonds is 6. The molecule has 0 N–H and O–H groups in total. The maximum Gasteiger partial charge on any atom is 0.410 e. The van der Waals surface area contributed by atoms with Crippen molar-refractivity contribution in [3.63, 3.8) is 0 Å².